The van der Waals surface area contributed by atoms with Gasteiger partial charge >= 0.3 is 0 Å². The Morgan fingerprint density at radius 3 is 2.75 bits per heavy atom. The maximum Gasteiger partial charge on any atom is 0.120 e. The predicted octanol–water partition coefficient (Wildman–Crippen LogP) is 1.65. The third kappa shape index (κ3) is 2.21. The van der Waals surface area contributed by atoms with E-state index in [4.69, 9.17) is 4.74 Å². The molecule has 62 valence electrons. The van der Waals surface area contributed by atoms with Crippen molar-refractivity contribution in [3.63, 3.8) is 0 Å². The molecule has 0 atom stereocenters. The highest BCUT2D eigenvalue weighted by Crippen LogP contribution is 2.10. The highest BCUT2D eigenvalue weighted by molar-refractivity contribution is 5.38. The number of ether oxygens (including phenoxy) is 2. The van der Waals surface area contributed by atoms with Crippen molar-refractivity contribution in [2.75, 3.05) is 14.2 Å². The van der Waals surface area contributed by atoms with Crippen LogP contribution in [0.2, 0.25) is 0 Å². The molecule has 1 aromatic rings. The zero-order valence-electron chi connectivity index (χ0n) is 7.13. The Labute approximate surface area is 72.1 Å². The number of hydrogen-bond donors (Lipinski definition) is 0. The van der Waals surface area contributed by atoms with Crippen molar-refractivity contribution in [2.24, 2.45) is 0 Å². The molecule has 0 aromatic heterocycles. The van der Waals surface area contributed by atoms with Gasteiger partial charge in [-0.1, -0.05) is 6.07 Å². The van der Waals surface area contributed by atoms with Gasteiger partial charge in [0.15, 0.2) is 0 Å². The average molecular weight is 162 g/mol. The Hall–Kier alpha value is -1.62. The number of hydrogen-bond acceptors (Lipinski definition) is 2. The van der Waals surface area contributed by atoms with Crippen LogP contribution in [0.25, 0.3) is 0 Å². The monoisotopic (exact) mass is 162 g/mol. The molecule has 0 aliphatic carbocycles. The zero-order valence-corrected chi connectivity index (χ0v) is 7.13. The van der Waals surface area contributed by atoms with Crippen LogP contribution in [0.4, 0.5) is 0 Å². The van der Waals surface area contributed by atoms with E-state index in [-0.39, 0.29) is 0 Å². The average Bonchev–Trinajstić information content (AvgIpc) is 2.15. The Morgan fingerprint density at radius 1 is 1.25 bits per heavy atom. The molecule has 1 aromatic carbocycles. The van der Waals surface area contributed by atoms with Crippen molar-refractivity contribution in [1.82, 2.24) is 0 Å². The lowest BCUT2D eigenvalue weighted by Crippen LogP contribution is -1.82. The van der Waals surface area contributed by atoms with Gasteiger partial charge in [0.1, 0.15) is 11.9 Å². The third-order valence-corrected chi connectivity index (χ3v) is 1.37. The van der Waals surface area contributed by atoms with E-state index in [1.807, 2.05) is 24.3 Å². The minimum Gasteiger partial charge on any atom is -0.497 e. The molecule has 0 amide bonds. The minimum atomic E-state index is 0.804. The van der Waals surface area contributed by atoms with E-state index in [0.29, 0.717) is 0 Å². The van der Waals surface area contributed by atoms with Crippen molar-refractivity contribution < 1.29 is 9.47 Å². The Balaban J connectivity index is 2.86. The fourth-order valence-corrected chi connectivity index (χ4v) is 0.811. The van der Waals surface area contributed by atoms with E-state index >= 15 is 0 Å². The lowest BCUT2D eigenvalue weighted by atomic mass is 10.2. The number of methoxy groups -OCH3 is 2. The second-order valence-electron chi connectivity index (χ2n) is 2.16. The molecule has 2 nitrogen and oxygen atoms in total. The summed E-state index contributed by atoms with van der Waals surface area (Å²) in [5, 5.41) is 0. The van der Waals surface area contributed by atoms with Gasteiger partial charge in [0.25, 0.3) is 0 Å². The summed E-state index contributed by atoms with van der Waals surface area (Å²) in [7, 11) is 3.16. The van der Waals surface area contributed by atoms with Crippen LogP contribution in [0.5, 0.6) is 5.75 Å². The maximum absolute atomic E-state index is 5.03. The van der Waals surface area contributed by atoms with Gasteiger partial charge in [0.2, 0.25) is 0 Å². The summed E-state index contributed by atoms with van der Waals surface area (Å²) >= 11 is 0. The molecule has 0 saturated heterocycles. The van der Waals surface area contributed by atoms with E-state index in [9.17, 15) is 0 Å². The fourth-order valence-electron chi connectivity index (χ4n) is 0.811. The molecular formula is C10H10O2. The molecule has 0 unspecified atom stereocenters. The molecule has 0 fully saturated rings. The first-order valence-corrected chi connectivity index (χ1v) is 3.55. The van der Waals surface area contributed by atoms with Crippen LogP contribution >= 0.6 is 0 Å². The van der Waals surface area contributed by atoms with Crippen LogP contribution in [-0.2, 0) is 4.74 Å². The van der Waals surface area contributed by atoms with E-state index in [1.54, 1.807) is 7.11 Å². The predicted molar refractivity (Wildman–Crippen MR) is 46.9 cm³/mol. The van der Waals surface area contributed by atoms with Gasteiger partial charge < -0.3 is 9.47 Å². The van der Waals surface area contributed by atoms with Crippen LogP contribution in [0, 0.1) is 12.0 Å². The molecule has 0 aliphatic rings. The van der Waals surface area contributed by atoms with Crippen LogP contribution in [-0.4, -0.2) is 14.2 Å². The molecule has 0 aliphatic heterocycles. The number of rotatable bonds is 1. The minimum absolute atomic E-state index is 0.804. The van der Waals surface area contributed by atoms with Crippen molar-refractivity contribution in [1.29, 1.82) is 0 Å². The van der Waals surface area contributed by atoms with E-state index in [0.717, 1.165) is 11.3 Å². The van der Waals surface area contributed by atoms with Gasteiger partial charge in [0, 0.05) is 5.56 Å². The van der Waals surface area contributed by atoms with Gasteiger partial charge in [-0.2, -0.15) is 0 Å². The SMILES string of the molecule is COC#Cc1cccc(OC)c1. The Bertz CT molecular complexity index is 307. The molecule has 0 saturated carbocycles. The molecule has 0 heterocycles. The molecule has 1 rings (SSSR count). The largest absolute Gasteiger partial charge is 0.497 e. The lowest BCUT2D eigenvalue weighted by molar-refractivity contribution is 0.372. The summed E-state index contributed by atoms with van der Waals surface area (Å²) in [6.07, 6.45) is 2.51. The Kier molecular flexibility index (Phi) is 3.04. The quantitative estimate of drug-likeness (QED) is 0.584. The first-order valence-electron chi connectivity index (χ1n) is 3.55. The standard InChI is InChI=1S/C10H10O2/c1-11-7-6-9-4-3-5-10(8-9)12-2/h3-5,8H,1-2H3. The summed E-state index contributed by atoms with van der Waals surface area (Å²) in [5.74, 6) is 3.62. The highest BCUT2D eigenvalue weighted by Gasteiger charge is 1.90. The first kappa shape index (κ1) is 8.48. The summed E-state index contributed by atoms with van der Waals surface area (Å²) < 4.78 is 9.64. The molecule has 12 heavy (non-hydrogen) atoms. The third-order valence-electron chi connectivity index (χ3n) is 1.37. The normalized spacial score (nSPS) is 8.17. The van der Waals surface area contributed by atoms with Crippen molar-refractivity contribution in [2.45, 2.75) is 0 Å². The van der Waals surface area contributed by atoms with Crippen molar-refractivity contribution >= 4 is 0 Å². The fraction of sp³-hybridized carbons (Fsp3) is 0.200. The van der Waals surface area contributed by atoms with E-state index in [1.165, 1.54) is 7.11 Å². The van der Waals surface area contributed by atoms with Crippen LogP contribution in [0.1, 0.15) is 5.56 Å². The molecular weight excluding hydrogens is 152 g/mol. The number of benzene rings is 1. The van der Waals surface area contributed by atoms with Gasteiger partial charge in [-0.3, -0.25) is 0 Å². The molecule has 0 radical (unpaired) electrons. The van der Waals surface area contributed by atoms with Gasteiger partial charge in [-0.05, 0) is 24.1 Å². The summed E-state index contributed by atoms with van der Waals surface area (Å²) in [6.45, 7) is 0. The highest BCUT2D eigenvalue weighted by atomic mass is 16.5. The smallest absolute Gasteiger partial charge is 0.120 e. The van der Waals surface area contributed by atoms with Gasteiger partial charge in [-0.25, -0.2) is 0 Å². The van der Waals surface area contributed by atoms with E-state index < -0.39 is 0 Å². The van der Waals surface area contributed by atoms with E-state index in [2.05, 4.69) is 16.8 Å². The molecule has 2 heteroatoms. The maximum atomic E-state index is 5.03. The lowest BCUT2D eigenvalue weighted by Gasteiger charge is -1.97. The van der Waals surface area contributed by atoms with Gasteiger partial charge in [-0.15, -0.1) is 0 Å². The Morgan fingerprint density at radius 2 is 2.08 bits per heavy atom. The second-order valence-corrected chi connectivity index (χ2v) is 2.16. The van der Waals surface area contributed by atoms with Crippen molar-refractivity contribution in [3.05, 3.63) is 29.8 Å². The second kappa shape index (κ2) is 4.30. The van der Waals surface area contributed by atoms with Crippen LogP contribution < -0.4 is 4.74 Å². The summed E-state index contributed by atoms with van der Waals surface area (Å²) in [5.41, 5.74) is 0.885. The van der Waals surface area contributed by atoms with Crippen molar-refractivity contribution in [3.8, 4) is 17.8 Å². The van der Waals surface area contributed by atoms with Crippen LogP contribution in [0.15, 0.2) is 24.3 Å². The van der Waals surface area contributed by atoms with Gasteiger partial charge in [0.05, 0.1) is 14.2 Å². The van der Waals surface area contributed by atoms with Crippen LogP contribution in [0.3, 0.4) is 0 Å². The summed E-state index contributed by atoms with van der Waals surface area (Å²) in [6, 6.07) is 7.51. The molecule has 0 N–H and O–H groups in total. The summed E-state index contributed by atoms with van der Waals surface area (Å²) in [4.78, 5) is 0. The zero-order chi connectivity index (χ0) is 8.81. The topological polar surface area (TPSA) is 18.5 Å². The first-order chi connectivity index (χ1) is 5.86. The molecule has 0 spiro atoms. The molecule has 0 bridgehead atoms.